The molecule has 0 saturated carbocycles. The van der Waals surface area contributed by atoms with Crippen LogP contribution in [0.3, 0.4) is 0 Å². The van der Waals surface area contributed by atoms with Crippen molar-refractivity contribution in [3.63, 3.8) is 0 Å². The maximum atomic E-state index is 13.1. The van der Waals surface area contributed by atoms with Crippen LogP contribution in [0.2, 0.25) is 0 Å². The van der Waals surface area contributed by atoms with E-state index in [0.717, 1.165) is 20.9 Å². The number of anilines is 1. The number of ether oxygens (including phenoxy) is 1. The highest BCUT2D eigenvalue weighted by atomic mass is 32.2. The molecule has 35 heavy (non-hydrogen) atoms. The molecule has 0 radical (unpaired) electrons. The Morgan fingerprint density at radius 3 is 2.57 bits per heavy atom. The molecular weight excluding hydrogens is 489 g/mol. The molecule has 2 atom stereocenters. The molecule has 2 unspecified atom stereocenters. The molecular formula is C21H29F3N6O4S. The van der Waals surface area contributed by atoms with Gasteiger partial charge in [-0.15, -0.1) is 4.09 Å². The fourth-order valence-corrected chi connectivity index (χ4v) is 4.68. The minimum atomic E-state index is -4.57. The van der Waals surface area contributed by atoms with E-state index in [1.807, 2.05) is 11.8 Å². The van der Waals surface area contributed by atoms with Gasteiger partial charge in [0.1, 0.15) is 23.4 Å². The topological polar surface area (TPSA) is 110 Å². The average Bonchev–Trinajstić information content (AvgIpc) is 3.16. The Labute approximate surface area is 202 Å². The highest BCUT2D eigenvalue weighted by Gasteiger charge is 2.34. The van der Waals surface area contributed by atoms with Crippen molar-refractivity contribution in [2.24, 2.45) is 0 Å². The van der Waals surface area contributed by atoms with Crippen LogP contribution < -0.4 is 10.1 Å². The van der Waals surface area contributed by atoms with Gasteiger partial charge in [0.2, 0.25) is 5.91 Å². The van der Waals surface area contributed by atoms with Crippen LogP contribution in [0.4, 0.5) is 19.0 Å². The van der Waals surface area contributed by atoms with Crippen LogP contribution in [-0.4, -0.2) is 71.0 Å². The number of alkyl halides is 3. The molecule has 1 fully saturated rings. The van der Waals surface area contributed by atoms with Crippen molar-refractivity contribution in [3.8, 4) is 5.75 Å². The summed E-state index contributed by atoms with van der Waals surface area (Å²) in [4.78, 5) is 17.2. The second-order valence-corrected chi connectivity index (χ2v) is 10.6. The first-order chi connectivity index (χ1) is 16.2. The van der Waals surface area contributed by atoms with Crippen LogP contribution >= 0.6 is 0 Å². The van der Waals surface area contributed by atoms with E-state index in [-0.39, 0.29) is 29.4 Å². The number of halogens is 3. The molecule has 10 nitrogen and oxygen atoms in total. The molecule has 0 aliphatic carbocycles. The van der Waals surface area contributed by atoms with Crippen molar-refractivity contribution in [2.45, 2.75) is 51.9 Å². The van der Waals surface area contributed by atoms with Gasteiger partial charge >= 0.3 is 16.4 Å². The lowest BCUT2D eigenvalue weighted by atomic mass is 10.0. The molecule has 1 aliphatic rings. The number of piperidine rings is 1. The summed E-state index contributed by atoms with van der Waals surface area (Å²) < 4.78 is 72.4. The molecule has 1 saturated heterocycles. The van der Waals surface area contributed by atoms with E-state index >= 15 is 0 Å². The minimum Gasteiger partial charge on any atom is -0.489 e. The number of nitrogens with zero attached hydrogens (tertiary/aromatic N) is 5. The highest BCUT2D eigenvalue weighted by Crippen LogP contribution is 2.32. The maximum absolute atomic E-state index is 13.1. The molecule has 0 aromatic carbocycles. The van der Waals surface area contributed by atoms with Gasteiger partial charge in [-0.3, -0.25) is 9.69 Å². The van der Waals surface area contributed by atoms with Gasteiger partial charge in [-0.25, -0.2) is 4.98 Å². The molecule has 0 bridgehead atoms. The molecule has 194 valence electrons. The Hall–Kier alpha value is -2.71. The number of amides is 1. The third-order valence-corrected chi connectivity index (χ3v) is 7.22. The second-order valence-electron chi connectivity index (χ2n) is 8.65. The van der Waals surface area contributed by atoms with Gasteiger partial charge in [0.25, 0.3) is 0 Å². The number of likely N-dealkylation sites (tertiary alicyclic amines) is 1. The van der Waals surface area contributed by atoms with Crippen molar-refractivity contribution < 1.29 is 31.1 Å². The Bertz CT molecular complexity index is 1180. The zero-order valence-corrected chi connectivity index (χ0v) is 20.9. The summed E-state index contributed by atoms with van der Waals surface area (Å²) >= 11 is 0. The molecule has 2 aromatic rings. The van der Waals surface area contributed by atoms with E-state index in [1.54, 1.807) is 0 Å². The monoisotopic (exact) mass is 518 g/mol. The third kappa shape index (κ3) is 6.30. The summed E-state index contributed by atoms with van der Waals surface area (Å²) in [5.41, 5.74) is -0.389. The van der Waals surface area contributed by atoms with Crippen LogP contribution in [0, 0.1) is 6.92 Å². The lowest BCUT2D eigenvalue weighted by molar-refractivity contribution is -0.141. The number of carbonyl (C=O) groups excluding carboxylic acids is 1. The van der Waals surface area contributed by atoms with Crippen molar-refractivity contribution in [2.75, 3.05) is 32.5 Å². The first-order valence-electron chi connectivity index (χ1n) is 11.0. The number of aromatic nitrogens is 3. The van der Waals surface area contributed by atoms with Crippen LogP contribution in [-0.2, 0) is 21.2 Å². The second kappa shape index (κ2) is 10.1. The highest BCUT2D eigenvalue weighted by molar-refractivity contribution is 7.87. The number of rotatable bonds is 7. The Morgan fingerprint density at radius 1 is 1.29 bits per heavy atom. The van der Waals surface area contributed by atoms with Gasteiger partial charge in [0.05, 0.1) is 11.7 Å². The molecule has 1 aliphatic heterocycles. The summed E-state index contributed by atoms with van der Waals surface area (Å²) in [5.74, 6) is -0.333. The standard InChI is InChI=1S/C21H29F3N6O4S/c1-13-9-17(10-19(25-13)21(22,23)24)34-16-7-6-8-29(12-16)14(2)18-11-20(26-15(3)31)30(27-18)35(32,33)28(4)5/h9-11,14,16H,6-8,12H2,1-5H3,(H,26,31). The number of aryl methyl sites for hydroxylation is 1. The number of nitrogens with one attached hydrogen (secondary N) is 1. The predicted molar refractivity (Wildman–Crippen MR) is 122 cm³/mol. The lowest BCUT2D eigenvalue weighted by Crippen LogP contribution is -2.42. The van der Waals surface area contributed by atoms with Gasteiger partial charge in [-0.1, -0.05) is 0 Å². The van der Waals surface area contributed by atoms with Gasteiger partial charge < -0.3 is 10.1 Å². The Morgan fingerprint density at radius 2 is 1.97 bits per heavy atom. The summed E-state index contributed by atoms with van der Waals surface area (Å²) in [7, 11) is -1.27. The van der Waals surface area contributed by atoms with Crippen LogP contribution in [0.15, 0.2) is 18.2 Å². The van der Waals surface area contributed by atoms with Gasteiger partial charge in [-0.05, 0) is 33.2 Å². The van der Waals surface area contributed by atoms with E-state index in [9.17, 15) is 26.4 Å². The first-order valence-corrected chi connectivity index (χ1v) is 12.4. The normalized spacial score (nSPS) is 18.5. The number of pyridine rings is 1. The Kier molecular flexibility index (Phi) is 7.77. The van der Waals surface area contributed by atoms with Gasteiger partial charge in [-0.2, -0.15) is 31.0 Å². The van der Waals surface area contributed by atoms with Crippen molar-refractivity contribution >= 4 is 21.9 Å². The predicted octanol–water partition coefficient (Wildman–Crippen LogP) is 2.82. The summed E-state index contributed by atoms with van der Waals surface area (Å²) in [6.45, 7) is 5.63. The van der Waals surface area contributed by atoms with Gasteiger partial charge in [0, 0.05) is 51.5 Å². The van der Waals surface area contributed by atoms with Crippen molar-refractivity contribution in [1.82, 2.24) is 23.4 Å². The third-order valence-electron chi connectivity index (χ3n) is 5.59. The van der Waals surface area contributed by atoms with Gasteiger partial charge in [0.15, 0.2) is 0 Å². The number of hydrogen-bond acceptors (Lipinski definition) is 7. The molecule has 14 heteroatoms. The van der Waals surface area contributed by atoms with Crippen LogP contribution in [0.25, 0.3) is 0 Å². The van der Waals surface area contributed by atoms with E-state index in [4.69, 9.17) is 4.74 Å². The smallest absolute Gasteiger partial charge is 0.433 e. The molecule has 3 heterocycles. The summed E-state index contributed by atoms with van der Waals surface area (Å²) in [6, 6.07) is 3.50. The SMILES string of the molecule is CC(=O)Nc1cc(C(C)N2CCCC(Oc3cc(C)nc(C(F)(F)F)c3)C2)nn1S(=O)(=O)N(C)C. The molecule has 2 aromatic heterocycles. The lowest BCUT2D eigenvalue weighted by Gasteiger charge is -2.36. The minimum absolute atomic E-state index is 0.0183. The van der Waals surface area contributed by atoms with Crippen molar-refractivity contribution in [1.29, 1.82) is 0 Å². The Balaban J connectivity index is 1.81. The largest absolute Gasteiger partial charge is 0.489 e. The molecule has 3 rings (SSSR count). The molecule has 0 spiro atoms. The van der Waals surface area contributed by atoms with E-state index in [0.29, 0.717) is 25.2 Å². The zero-order valence-electron chi connectivity index (χ0n) is 20.1. The van der Waals surface area contributed by atoms with Crippen LogP contribution in [0.1, 0.15) is 49.8 Å². The van der Waals surface area contributed by atoms with Crippen molar-refractivity contribution in [3.05, 3.63) is 35.3 Å². The average molecular weight is 519 g/mol. The first kappa shape index (κ1) is 26.9. The maximum Gasteiger partial charge on any atom is 0.433 e. The van der Waals surface area contributed by atoms with E-state index in [1.165, 1.54) is 40.1 Å². The van der Waals surface area contributed by atoms with E-state index < -0.39 is 28.0 Å². The quantitative estimate of drug-likeness (QED) is 0.600. The number of carbonyl (C=O) groups is 1. The van der Waals surface area contributed by atoms with E-state index in [2.05, 4.69) is 15.4 Å². The molecule has 1 amide bonds. The fourth-order valence-electron chi connectivity index (χ4n) is 3.83. The zero-order chi connectivity index (χ0) is 26.1. The summed E-state index contributed by atoms with van der Waals surface area (Å²) in [6.07, 6.45) is -3.59. The molecule has 1 N–H and O–H groups in total. The van der Waals surface area contributed by atoms with Crippen LogP contribution in [0.5, 0.6) is 5.75 Å². The fraction of sp³-hybridized carbons (Fsp3) is 0.571. The number of hydrogen-bond donors (Lipinski definition) is 1. The summed E-state index contributed by atoms with van der Waals surface area (Å²) in [5, 5.41) is 6.74.